The lowest BCUT2D eigenvalue weighted by atomic mass is 9.98. The molecule has 0 aliphatic heterocycles. The summed E-state index contributed by atoms with van der Waals surface area (Å²) in [6.45, 7) is -0.0178. The highest BCUT2D eigenvalue weighted by molar-refractivity contribution is 5.93. The molecular formula is C22H18O8. The van der Waals surface area contributed by atoms with Crippen molar-refractivity contribution in [3.8, 4) is 23.0 Å². The number of aromatic carboxylic acids is 1. The number of hydrogen-bond acceptors (Lipinski definition) is 7. The largest absolute Gasteiger partial charge is 0.508 e. The summed E-state index contributed by atoms with van der Waals surface area (Å²) in [5, 5.41) is 48.9. The Kier molecular flexibility index (Phi) is 5.78. The van der Waals surface area contributed by atoms with E-state index in [1.165, 1.54) is 6.07 Å². The molecule has 30 heavy (non-hydrogen) atoms. The number of carboxylic acids is 1. The molecule has 0 aromatic heterocycles. The number of carbonyl (C=O) groups excluding carboxylic acids is 1. The Morgan fingerprint density at radius 1 is 0.733 bits per heavy atom. The first-order valence-corrected chi connectivity index (χ1v) is 8.80. The molecule has 0 saturated carbocycles. The number of carbonyl (C=O) groups is 2. The van der Waals surface area contributed by atoms with Crippen LogP contribution < -0.4 is 0 Å². The van der Waals surface area contributed by atoms with Crippen LogP contribution in [0.2, 0.25) is 0 Å². The Morgan fingerprint density at radius 2 is 1.27 bits per heavy atom. The second kappa shape index (κ2) is 8.44. The van der Waals surface area contributed by atoms with E-state index in [2.05, 4.69) is 0 Å². The van der Waals surface area contributed by atoms with Gasteiger partial charge in [-0.1, -0.05) is 30.3 Å². The molecule has 8 nitrogen and oxygen atoms in total. The smallest absolute Gasteiger partial charge is 0.342 e. The van der Waals surface area contributed by atoms with Crippen LogP contribution in [0.15, 0.2) is 54.6 Å². The number of benzene rings is 3. The standard InChI is InChI=1S/C22H18O8/c23-17-9-19(25)15(21(27)28)7-13(17)6-14-8-16(20(26)10-18(14)24)22(29)30-11-12-4-2-1-3-5-12/h1-5,7-10,23-26H,6,11H2,(H,27,28). The average Bonchev–Trinajstić information content (AvgIpc) is 2.70. The van der Waals surface area contributed by atoms with Crippen molar-refractivity contribution < 1.29 is 39.9 Å². The molecule has 0 aliphatic rings. The van der Waals surface area contributed by atoms with Crippen LogP contribution in [-0.2, 0) is 17.8 Å². The van der Waals surface area contributed by atoms with Crippen molar-refractivity contribution in [1.82, 2.24) is 0 Å². The number of phenolic OH excluding ortho intramolecular Hbond substituents is 3. The van der Waals surface area contributed by atoms with Crippen LogP contribution in [0.4, 0.5) is 0 Å². The number of ether oxygens (including phenoxy) is 1. The maximum atomic E-state index is 12.4. The van der Waals surface area contributed by atoms with Crippen molar-refractivity contribution in [2.75, 3.05) is 0 Å². The van der Waals surface area contributed by atoms with Gasteiger partial charge < -0.3 is 30.3 Å². The third-order valence-corrected chi connectivity index (χ3v) is 4.44. The first kappa shape index (κ1) is 20.5. The fourth-order valence-corrected chi connectivity index (χ4v) is 2.87. The highest BCUT2D eigenvalue weighted by Crippen LogP contribution is 2.34. The van der Waals surface area contributed by atoms with Gasteiger partial charge in [0.05, 0.1) is 0 Å². The van der Waals surface area contributed by atoms with E-state index < -0.39 is 34.8 Å². The van der Waals surface area contributed by atoms with Crippen molar-refractivity contribution in [1.29, 1.82) is 0 Å². The minimum Gasteiger partial charge on any atom is -0.508 e. The highest BCUT2D eigenvalue weighted by Gasteiger charge is 2.19. The van der Waals surface area contributed by atoms with Gasteiger partial charge in [0.25, 0.3) is 0 Å². The number of rotatable bonds is 6. The summed E-state index contributed by atoms with van der Waals surface area (Å²) in [6, 6.07) is 13.0. The fraction of sp³-hybridized carbons (Fsp3) is 0.0909. The Morgan fingerprint density at radius 3 is 1.83 bits per heavy atom. The van der Waals surface area contributed by atoms with Crippen LogP contribution >= 0.6 is 0 Å². The van der Waals surface area contributed by atoms with Gasteiger partial charge in [0.2, 0.25) is 0 Å². The van der Waals surface area contributed by atoms with Gasteiger partial charge in [-0.15, -0.1) is 0 Å². The highest BCUT2D eigenvalue weighted by atomic mass is 16.5. The minimum absolute atomic E-state index is 0.0178. The van der Waals surface area contributed by atoms with Crippen molar-refractivity contribution in [2.24, 2.45) is 0 Å². The summed E-state index contributed by atoms with van der Waals surface area (Å²) >= 11 is 0. The van der Waals surface area contributed by atoms with Crippen molar-refractivity contribution in [3.05, 3.63) is 82.4 Å². The SMILES string of the molecule is O=C(O)c1cc(Cc2cc(C(=O)OCc3ccccc3)c(O)cc2O)c(O)cc1O. The van der Waals surface area contributed by atoms with Gasteiger partial charge in [-0.2, -0.15) is 0 Å². The fourth-order valence-electron chi connectivity index (χ4n) is 2.87. The summed E-state index contributed by atoms with van der Waals surface area (Å²) in [7, 11) is 0. The molecule has 3 rings (SSSR count). The lowest BCUT2D eigenvalue weighted by molar-refractivity contribution is 0.0469. The number of hydrogen-bond donors (Lipinski definition) is 5. The molecule has 0 aliphatic carbocycles. The molecule has 0 spiro atoms. The van der Waals surface area contributed by atoms with Gasteiger partial charge >= 0.3 is 11.9 Å². The van der Waals surface area contributed by atoms with Crippen LogP contribution in [0.25, 0.3) is 0 Å². The van der Waals surface area contributed by atoms with Crippen LogP contribution in [-0.4, -0.2) is 37.5 Å². The second-order valence-electron chi connectivity index (χ2n) is 6.54. The lowest BCUT2D eigenvalue weighted by Crippen LogP contribution is -2.07. The summed E-state index contributed by atoms with van der Waals surface area (Å²) in [5.74, 6) is -4.07. The third-order valence-electron chi connectivity index (χ3n) is 4.44. The van der Waals surface area contributed by atoms with Gasteiger partial charge in [-0.3, -0.25) is 0 Å². The summed E-state index contributed by atoms with van der Waals surface area (Å²) < 4.78 is 5.19. The van der Waals surface area contributed by atoms with Crippen LogP contribution in [0.3, 0.4) is 0 Å². The zero-order valence-electron chi connectivity index (χ0n) is 15.6. The molecule has 0 fully saturated rings. The van der Waals surface area contributed by atoms with Crippen molar-refractivity contribution in [2.45, 2.75) is 13.0 Å². The predicted octanol–water partition coefficient (Wildman–Crippen LogP) is 3.16. The Bertz CT molecular complexity index is 1110. The number of esters is 1. The van der Waals surface area contributed by atoms with Crippen molar-refractivity contribution in [3.63, 3.8) is 0 Å². The van der Waals surface area contributed by atoms with Gasteiger partial charge in [-0.05, 0) is 28.8 Å². The molecule has 8 heteroatoms. The number of phenols is 4. The normalized spacial score (nSPS) is 10.5. The Hall–Kier alpha value is -4.20. The summed E-state index contributed by atoms with van der Waals surface area (Å²) in [5.41, 5.74) is 0.352. The Balaban J connectivity index is 1.87. The number of carboxylic acid groups (broad SMARTS) is 1. The summed E-state index contributed by atoms with van der Waals surface area (Å²) in [6.07, 6.45) is -0.169. The van der Waals surface area contributed by atoms with E-state index in [-0.39, 0.29) is 35.5 Å². The van der Waals surface area contributed by atoms with Crippen molar-refractivity contribution >= 4 is 11.9 Å². The predicted molar refractivity (Wildman–Crippen MR) is 105 cm³/mol. The van der Waals surface area contributed by atoms with E-state index in [1.54, 1.807) is 24.3 Å². The minimum atomic E-state index is -1.39. The van der Waals surface area contributed by atoms with Crippen LogP contribution in [0.1, 0.15) is 37.4 Å². The molecule has 3 aromatic carbocycles. The zero-order valence-corrected chi connectivity index (χ0v) is 15.6. The first-order chi connectivity index (χ1) is 14.3. The first-order valence-electron chi connectivity index (χ1n) is 8.80. The quantitative estimate of drug-likeness (QED) is 0.390. The molecule has 0 radical (unpaired) electrons. The molecule has 0 heterocycles. The third kappa shape index (κ3) is 4.44. The monoisotopic (exact) mass is 410 g/mol. The molecular weight excluding hydrogens is 392 g/mol. The molecule has 0 saturated heterocycles. The molecule has 0 atom stereocenters. The molecule has 0 bridgehead atoms. The zero-order chi connectivity index (χ0) is 21.8. The maximum absolute atomic E-state index is 12.4. The Labute approximate surface area is 170 Å². The van der Waals surface area contributed by atoms with Gasteiger partial charge in [0.1, 0.15) is 40.7 Å². The van der Waals surface area contributed by atoms with Gasteiger partial charge in [-0.25, -0.2) is 9.59 Å². The van der Waals surface area contributed by atoms with Gasteiger partial charge in [0.15, 0.2) is 0 Å². The number of aromatic hydroxyl groups is 4. The topological polar surface area (TPSA) is 145 Å². The van der Waals surface area contributed by atoms with E-state index in [9.17, 15) is 30.0 Å². The van der Waals surface area contributed by atoms with E-state index in [4.69, 9.17) is 9.84 Å². The molecule has 0 unspecified atom stereocenters. The van der Waals surface area contributed by atoms with E-state index in [1.807, 2.05) is 6.07 Å². The summed E-state index contributed by atoms with van der Waals surface area (Å²) in [4.78, 5) is 23.6. The molecule has 0 amide bonds. The molecule has 3 aromatic rings. The lowest BCUT2D eigenvalue weighted by Gasteiger charge is -2.12. The van der Waals surface area contributed by atoms with Crippen LogP contribution in [0, 0.1) is 0 Å². The van der Waals surface area contributed by atoms with Crippen LogP contribution in [0.5, 0.6) is 23.0 Å². The average molecular weight is 410 g/mol. The van der Waals surface area contributed by atoms with Gasteiger partial charge in [0, 0.05) is 18.6 Å². The molecule has 154 valence electrons. The van der Waals surface area contributed by atoms with E-state index >= 15 is 0 Å². The van der Waals surface area contributed by atoms with E-state index in [0.29, 0.717) is 0 Å². The molecule has 5 N–H and O–H groups in total. The van der Waals surface area contributed by atoms with E-state index in [0.717, 1.165) is 23.8 Å². The maximum Gasteiger partial charge on any atom is 0.342 e. The second-order valence-corrected chi connectivity index (χ2v) is 6.54.